The molecule has 1 heterocycles. The summed E-state index contributed by atoms with van der Waals surface area (Å²) in [5.41, 5.74) is -0.250. The molecule has 0 amide bonds. The minimum Gasteiger partial charge on any atom is -0.476 e. The maximum atomic E-state index is 12.6. The first kappa shape index (κ1) is 22.9. The van der Waals surface area contributed by atoms with Crippen molar-refractivity contribution in [3.8, 4) is 5.75 Å². The molecule has 0 aliphatic carbocycles. The first-order valence-electron chi connectivity index (χ1n) is 8.33. The normalized spacial score (nSPS) is 13.0. The minimum atomic E-state index is -4.91. The van der Waals surface area contributed by atoms with E-state index in [1.54, 1.807) is 0 Å². The zero-order valence-corrected chi connectivity index (χ0v) is 15.8. The van der Waals surface area contributed by atoms with Crippen LogP contribution >= 0.6 is 11.6 Å². The second-order valence-electron chi connectivity index (χ2n) is 6.06. The van der Waals surface area contributed by atoms with Crippen molar-refractivity contribution in [2.75, 3.05) is 6.54 Å². The summed E-state index contributed by atoms with van der Waals surface area (Å²) in [7, 11) is 0. The van der Waals surface area contributed by atoms with Crippen molar-refractivity contribution in [2.24, 2.45) is 0 Å². The van der Waals surface area contributed by atoms with Gasteiger partial charge >= 0.3 is 12.3 Å². The molecule has 12 heteroatoms. The molecule has 1 atom stereocenters. The third kappa shape index (κ3) is 6.29. The molecule has 29 heavy (non-hydrogen) atoms. The van der Waals surface area contributed by atoms with Crippen molar-refractivity contribution in [3.05, 3.63) is 46.2 Å². The quantitative estimate of drug-likeness (QED) is 0.576. The van der Waals surface area contributed by atoms with Crippen molar-refractivity contribution < 1.29 is 36.6 Å². The summed E-state index contributed by atoms with van der Waals surface area (Å²) in [5.74, 6) is -1.88. The Morgan fingerprint density at radius 3 is 2.59 bits per heavy atom. The molecule has 2 aromatic rings. The number of hydrogen-bond donors (Lipinski definition) is 2. The number of ether oxygens (including phenoxy) is 1. The summed E-state index contributed by atoms with van der Waals surface area (Å²) in [5, 5.41) is 15.6. The molecule has 0 radical (unpaired) electrons. The molecule has 0 aliphatic rings. The van der Waals surface area contributed by atoms with Crippen LogP contribution in [0.4, 0.5) is 22.0 Å². The van der Waals surface area contributed by atoms with Crippen LogP contribution in [0, 0.1) is 0 Å². The van der Waals surface area contributed by atoms with E-state index in [2.05, 4.69) is 15.2 Å². The Hall–Kier alpha value is -2.40. The van der Waals surface area contributed by atoms with E-state index in [-0.39, 0.29) is 35.8 Å². The molecule has 160 valence electrons. The van der Waals surface area contributed by atoms with E-state index in [9.17, 15) is 31.9 Å². The molecule has 1 aromatic carbocycles. The predicted molar refractivity (Wildman–Crippen MR) is 93.6 cm³/mol. The Balaban J connectivity index is 2.26. The first-order valence-corrected chi connectivity index (χ1v) is 8.71. The highest BCUT2D eigenvalue weighted by atomic mass is 35.5. The van der Waals surface area contributed by atoms with Crippen molar-refractivity contribution in [1.29, 1.82) is 0 Å². The molecule has 0 bridgehead atoms. The first-order chi connectivity index (χ1) is 13.5. The number of carbonyl (C=O) groups is 1. The number of carboxylic acid groups (broad SMARTS) is 1. The van der Waals surface area contributed by atoms with Gasteiger partial charge in [0.25, 0.3) is 6.43 Å². The monoisotopic (exact) mass is 441 g/mol. The van der Waals surface area contributed by atoms with Gasteiger partial charge in [0.15, 0.2) is 5.69 Å². The molecule has 0 aliphatic heterocycles. The summed E-state index contributed by atoms with van der Waals surface area (Å²) in [6.07, 6.45) is -7.52. The lowest BCUT2D eigenvalue weighted by atomic mass is 10.1. The molecule has 0 spiro atoms. The summed E-state index contributed by atoms with van der Waals surface area (Å²) in [6.45, 7) is 0.989. The number of nitrogens with one attached hydrogen (secondary N) is 1. The highest BCUT2D eigenvalue weighted by Crippen LogP contribution is 2.29. The fourth-order valence-electron chi connectivity index (χ4n) is 2.51. The van der Waals surface area contributed by atoms with Gasteiger partial charge in [-0.2, -0.15) is 5.10 Å². The van der Waals surface area contributed by atoms with E-state index in [4.69, 9.17) is 11.6 Å². The van der Waals surface area contributed by atoms with Gasteiger partial charge in [0.1, 0.15) is 10.9 Å². The van der Waals surface area contributed by atoms with Gasteiger partial charge in [-0.05, 0) is 26.0 Å². The molecule has 2 rings (SSSR count). The Morgan fingerprint density at radius 2 is 2.00 bits per heavy atom. The van der Waals surface area contributed by atoms with Crippen LogP contribution in [0.5, 0.6) is 5.75 Å². The van der Waals surface area contributed by atoms with Crippen LogP contribution in [0.1, 0.15) is 28.5 Å². The highest BCUT2D eigenvalue weighted by Gasteiger charge is 2.32. The average Bonchev–Trinajstić information content (AvgIpc) is 2.92. The SMILES string of the molecule is CC(NCCc1c(C(=O)O)nn(Cc2ccccc2OC(F)(F)F)c1Cl)C(F)F. The van der Waals surface area contributed by atoms with Crippen LogP contribution in [0.3, 0.4) is 0 Å². The number of carboxylic acids is 1. The third-order valence-corrected chi connectivity index (χ3v) is 4.35. The Bertz CT molecular complexity index is 857. The summed E-state index contributed by atoms with van der Waals surface area (Å²) >= 11 is 6.18. The lowest BCUT2D eigenvalue weighted by Crippen LogP contribution is -2.34. The summed E-state index contributed by atoms with van der Waals surface area (Å²) in [6, 6.07) is 4.17. The Morgan fingerprint density at radius 1 is 1.34 bits per heavy atom. The maximum absolute atomic E-state index is 12.6. The average molecular weight is 442 g/mol. The van der Waals surface area contributed by atoms with Crippen LogP contribution in [-0.4, -0.2) is 46.2 Å². The van der Waals surface area contributed by atoms with Crippen LogP contribution in [-0.2, 0) is 13.0 Å². The molecular formula is C17H17ClF5N3O3. The second-order valence-corrected chi connectivity index (χ2v) is 6.42. The number of alkyl halides is 5. The van der Waals surface area contributed by atoms with Crippen molar-refractivity contribution in [3.63, 3.8) is 0 Å². The number of benzene rings is 1. The topological polar surface area (TPSA) is 76.4 Å². The van der Waals surface area contributed by atoms with Gasteiger partial charge in [0.05, 0.1) is 12.6 Å². The van der Waals surface area contributed by atoms with Crippen molar-refractivity contribution in [1.82, 2.24) is 15.1 Å². The van der Waals surface area contributed by atoms with Crippen molar-refractivity contribution >= 4 is 17.6 Å². The summed E-state index contributed by atoms with van der Waals surface area (Å²) in [4.78, 5) is 11.5. The molecule has 2 N–H and O–H groups in total. The van der Waals surface area contributed by atoms with E-state index >= 15 is 0 Å². The molecule has 0 saturated heterocycles. The van der Waals surface area contributed by atoms with Crippen LogP contribution in [0.25, 0.3) is 0 Å². The largest absolute Gasteiger partial charge is 0.573 e. The molecular weight excluding hydrogens is 425 g/mol. The van der Waals surface area contributed by atoms with Gasteiger partial charge in [-0.1, -0.05) is 29.8 Å². The third-order valence-electron chi connectivity index (χ3n) is 3.92. The molecule has 0 saturated carbocycles. The summed E-state index contributed by atoms with van der Waals surface area (Å²) < 4.78 is 67.8. The molecule has 1 aromatic heterocycles. The van der Waals surface area contributed by atoms with E-state index in [0.717, 1.165) is 10.7 Å². The molecule has 6 nitrogen and oxygen atoms in total. The van der Waals surface area contributed by atoms with Crippen LogP contribution in [0.15, 0.2) is 24.3 Å². The Labute approximate surface area is 167 Å². The van der Waals surface area contributed by atoms with E-state index < -0.39 is 36.2 Å². The maximum Gasteiger partial charge on any atom is 0.573 e. The van der Waals surface area contributed by atoms with Gasteiger partial charge < -0.3 is 15.2 Å². The zero-order valence-electron chi connectivity index (χ0n) is 15.0. The zero-order chi connectivity index (χ0) is 21.8. The fourth-order valence-corrected chi connectivity index (χ4v) is 2.79. The van der Waals surface area contributed by atoms with E-state index in [1.807, 2.05) is 0 Å². The Kier molecular flexibility index (Phi) is 7.42. The number of aromatic nitrogens is 2. The number of halogens is 6. The lowest BCUT2D eigenvalue weighted by Gasteiger charge is -2.13. The number of para-hydroxylation sites is 1. The second kappa shape index (κ2) is 9.40. The van der Waals surface area contributed by atoms with Gasteiger partial charge in [-0.3, -0.25) is 0 Å². The molecule has 1 unspecified atom stereocenters. The number of hydrogen-bond acceptors (Lipinski definition) is 4. The van der Waals surface area contributed by atoms with Crippen molar-refractivity contribution in [2.45, 2.75) is 38.7 Å². The highest BCUT2D eigenvalue weighted by molar-refractivity contribution is 6.30. The predicted octanol–water partition coefficient (Wildman–Crippen LogP) is 3.97. The standard InChI is InChI=1S/C17H17ClF5N3O3/c1-9(15(19)20)24-7-6-11-13(16(27)28)25-26(14(11)18)8-10-4-2-3-5-12(10)29-17(21,22)23/h2-5,9,15,24H,6-8H2,1H3,(H,27,28). The molecule has 0 fully saturated rings. The van der Waals surface area contributed by atoms with Gasteiger partial charge in [-0.25, -0.2) is 18.3 Å². The lowest BCUT2D eigenvalue weighted by molar-refractivity contribution is -0.274. The number of rotatable bonds is 9. The number of aromatic carboxylic acids is 1. The minimum absolute atomic E-state index is 0.00493. The van der Waals surface area contributed by atoms with Crippen LogP contribution in [0.2, 0.25) is 5.15 Å². The smallest absolute Gasteiger partial charge is 0.476 e. The van der Waals surface area contributed by atoms with Gasteiger partial charge in [0.2, 0.25) is 0 Å². The van der Waals surface area contributed by atoms with Gasteiger partial charge in [0, 0.05) is 11.1 Å². The van der Waals surface area contributed by atoms with E-state index in [1.165, 1.54) is 25.1 Å². The fraction of sp³-hybridized carbons (Fsp3) is 0.412. The van der Waals surface area contributed by atoms with Crippen LogP contribution < -0.4 is 10.1 Å². The van der Waals surface area contributed by atoms with E-state index in [0.29, 0.717) is 0 Å². The number of nitrogens with zero attached hydrogens (tertiary/aromatic N) is 2. The van der Waals surface area contributed by atoms with Gasteiger partial charge in [-0.15, -0.1) is 13.2 Å².